The molecule has 0 aromatic heterocycles. The zero-order valence-electron chi connectivity index (χ0n) is 19.9. The van der Waals surface area contributed by atoms with Crippen LogP contribution < -0.4 is 5.32 Å². The first-order valence-electron chi connectivity index (χ1n) is 11.8. The number of carbonyl (C=O) groups excluding carboxylic acids is 1. The fourth-order valence-corrected chi connectivity index (χ4v) is 7.77. The van der Waals surface area contributed by atoms with Crippen molar-refractivity contribution in [2.75, 3.05) is 18.5 Å². The summed E-state index contributed by atoms with van der Waals surface area (Å²) in [5, 5.41) is 21.9. The predicted molar refractivity (Wildman–Crippen MR) is 130 cm³/mol. The molecule has 2 saturated carbocycles. The van der Waals surface area contributed by atoms with Gasteiger partial charge < -0.3 is 20.3 Å². The standard InChI is InChI=1S/C25H27ClF3NO6S/c1-13(31)11-36-12-25(33)15-3-4-16(25)8-18(7-15)37(34,35)22-6-14(2-5-19(22)26)24(32)30-17-9-20(27)23(29)21(28)10-17/h2,5-6,9-10,13,15-16,18,31,33H,3-4,7-8,11-12H2,1H3,(H,30,32)/t13-,15?,16?,18-,25-/m0/s1. The Bertz CT molecular complexity index is 1270. The molecule has 3 N–H and O–H groups in total. The topological polar surface area (TPSA) is 113 Å². The van der Waals surface area contributed by atoms with Gasteiger partial charge in [0, 0.05) is 23.4 Å². The van der Waals surface area contributed by atoms with Gasteiger partial charge in [-0.15, -0.1) is 0 Å². The molecule has 4 rings (SSSR count). The Labute approximate surface area is 217 Å². The lowest BCUT2D eigenvalue weighted by molar-refractivity contribution is -0.121. The van der Waals surface area contributed by atoms with Crippen LogP contribution in [0.4, 0.5) is 18.9 Å². The predicted octanol–water partition coefficient (Wildman–Crippen LogP) is 4.10. The summed E-state index contributed by atoms with van der Waals surface area (Å²) in [6.45, 7) is 1.63. The van der Waals surface area contributed by atoms with E-state index in [2.05, 4.69) is 5.32 Å². The number of hydrogen-bond donors (Lipinski definition) is 3. The van der Waals surface area contributed by atoms with Gasteiger partial charge in [0.15, 0.2) is 27.3 Å². The Morgan fingerprint density at radius 3 is 2.32 bits per heavy atom. The average Bonchev–Trinajstić information content (AvgIpc) is 2.98. The van der Waals surface area contributed by atoms with E-state index >= 15 is 0 Å². The number of nitrogens with one attached hydrogen (secondary N) is 1. The first kappa shape index (κ1) is 27.8. The third kappa shape index (κ3) is 5.51. The highest BCUT2D eigenvalue weighted by molar-refractivity contribution is 7.92. The molecule has 2 aliphatic carbocycles. The van der Waals surface area contributed by atoms with E-state index in [1.165, 1.54) is 12.1 Å². The van der Waals surface area contributed by atoms with Crippen molar-refractivity contribution in [1.29, 1.82) is 0 Å². The van der Waals surface area contributed by atoms with E-state index in [0.29, 0.717) is 25.0 Å². The summed E-state index contributed by atoms with van der Waals surface area (Å²) >= 11 is 6.22. The molecule has 2 aromatic carbocycles. The van der Waals surface area contributed by atoms with Gasteiger partial charge >= 0.3 is 0 Å². The van der Waals surface area contributed by atoms with Crippen LogP contribution in [0.2, 0.25) is 5.02 Å². The minimum Gasteiger partial charge on any atom is -0.391 e. The number of aliphatic hydroxyl groups excluding tert-OH is 1. The van der Waals surface area contributed by atoms with Crippen molar-refractivity contribution in [2.24, 2.45) is 11.8 Å². The smallest absolute Gasteiger partial charge is 0.255 e. The summed E-state index contributed by atoms with van der Waals surface area (Å²) in [7, 11) is -4.02. The molecular weight excluding hydrogens is 535 g/mol. The fourth-order valence-electron chi connectivity index (χ4n) is 5.37. The SMILES string of the molecule is C[C@H](O)COC[C@]1(O)C2CCC1C[C@@H](S(=O)(=O)c1cc(C(=O)Nc3cc(F)c(F)c(F)c3)ccc1Cl)C2. The van der Waals surface area contributed by atoms with Crippen molar-refractivity contribution in [3.63, 3.8) is 0 Å². The monoisotopic (exact) mass is 561 g/mol. The van der Waals surface area contributed by atoms with Crippen LogP contribution in [0.25, 0.3) is 0 Å². The van der Waals surface area contributed by atoms with Crippen molar-refractivity contribution >= 4 is 33.0 Å². The summed E-state index contributed by atoms with van der Waals surface area (Å²) in [6.07, 6.45) is 0.923. The number of sulfone groups is 1. The van der Waals surface area contributed by atoms with Gasteiger partial charge in [0.2, 0.25) is 0 Å². The molecule has 2 aliphatic rings. The minimum absolute atomic E-state index is 0.000980. The molecule has 202 valence electrons. The van der Waals surface area contributed by atoms with E-state index in [4.69, 9.17) is 16.3 Å². The number of carbonyl (C=O) groups is 1. The van der Waals surface area contributed by atoms with Crippen molar-refractivity contribution < 1.29 is 41.3 Å². The molecular formula is C25H27ClF3NO6S. The van der Waals surface area contributed by atoms with Crippen molar-refractivity contribution in [2.45, 2.75) is 54.5 Å². The van der Waals surface area contributed by atoms with E-state index in [-0.39, 0.29) is 59.1 Å². The number of anilines is 1. The molecule has 3 atom stereocenters. The lowest BCUT2D eigenvalue weighted by Crippen LogP contribution is -2.51. The first-order chi connectivity index (χ1) is 17.3. The molecule has 0 spiro atoms. The van der Waals surface area contributed by atoms with E-state index in [1.807, 2.05) is 0 Å². The Morgan fingerprint density at radius 1 is 1.16 bits per heavy atom. The molecule has 2 unspecified atom stereocenters. The molecule has 12 heteroatoms. The Morgan fingerprint density at radius 2 is 1.76 bits per heavy atom. The third-order valence-electron chi connectivity index (χ3n) is 7.25. The van der Waals surface area contributed by atoms with Crippen molar-refractivity contribution in [1.82, 2.24) is 0 Å². The Kier molecular flexibility index (Phi) is 7.92. The molecule has 2 aromatic rings. The largest absolute Gasteiger partial charge is 0.391 e. The molecule has 0 aliphatic heterocycles. The fraction of sp³-hybridized carbons (Fsp3) is 0.480. The van der Waals surface area contributed by atoms with Crippen LogP contribution in [0.5, 0.6) is 0 Å². The van der Waals surface area contributed by atoms with Crippen LogP contribution in [0.15, 0.2) is 35.2 Å². The van der Waals surface area contributed by atoms with Crippen LogP contribution in [0, 0.1) is 29.3 Å². The normalized spacial score (nSPS) is 26.2. The van der Waals surface area contributed by atoms with Crippen LogP contribution in [-0.4, -0.2) is 54.7 Å². The second kappa shape index (κ2) is 10.5. The molecule has 2 bridgehead atoms. The number of ether oxygens (including phenoxy) is 1. The maximum Gasteiger partial charge on any atom is 0.255 e. The van der Waals surface area contributed by atoms with Crippen LogP contribution >= 0.6 is 11.6 Å². The second-order valence-electron chi connectivity index (χ2n) is 9.82. The number of hydrogen-bond acceptors (Lipinski definition) is 6. The zero-order chi connectivity index (χ0) is 27.1. The number of amides is 1. The van der Waals surface area contributed by atoms with Gasteiger partial charge in [-0.2, -0.15) is 0 Å². The molecule has 0 heterocycles. The van der Waals surface area contributed by atoms with Crippen LogP contribution in [-0.2, 0) is 14.6 Å². The number of fused-ring (bicyclic) bond motifs is 2. The van der Waals surface area contributed by atoms with E-state index in [1.54, 1.807) is 6.92 Å². The molecule has 0 saturated heterocycles. The maximum absolute atomic E-state index is 13.6. The molecule has 7 nitrogen and oxygen atoms in total. The van der Waals surface area contributed by atoms with Crippen molar-refractivity contribution in [3.8, 4) is 0 Å². The highest BCUT2D eigenvalue weighted by Gasteiger charge is 2.55. The van der Waals surface area contributed by atoms with Gasteiger partial charge in [-0.3, -0.25) is 4.79 Å². The van der Waals surface area contributed by atoms with Gasteiger partial charge in [0.1, 0.15) is 0 Å². The summed E-state index contributed by atoms with van der Waals surface area (Å²) in [5.74, 6) is -6.18. The summed E-state index contributed by atoms with van der Waals surface area (Å²) in [5.41, 5.74) is -1.66. The lowest BCUT2D eigenvalue weighted by Gasteiger charge is -2.42. The van der Waals surface area contributed by atoms with Gasteiger partial charge in [0.25, 0.3) is 5.91 Å². The van der Waals surface area contributed by atoms with Crippen molar-refractivity contribution in [3.05, 3.63) is 58.4 Å². The van der Waals surface area contributed by atoms with E-state index in [9.17, 15) is 36.6 Å². The van der Waals surface area contributed by atoms with Gasteiger partial charge in [-0.05, 0) is 62.6 Å². The lowest BCUT2D eigenvalue weighted by atomic mass is 9.75. The van der Waals surface area contributed by atoms with Crippen LogP contribution in [0.3, 0.4) is 0 Å². The van der Waals surface area contributed by atoms with Crippen LogP contribution in [0.1, 0.15) is 43.0 Å². The first-order valence-corrected chi connectivity index (χ1v) is 13.7. The number of rotatable bonds is 8. The molecule has 0 radical (unpaired) electrons. The molecule has 37 heavy (non-hydrogen) atoms. The van der Waals surface area contributed by atoms with Gasteiger partial charge in [-0.1, -0.05) is 11.6 Å². The van der Waals surface area contributed by atoms with E-state index < -0.39 is 50.2 Å². The van der Waals surface area contributed by atoms with E-state index in [0.717, 1.165) is 6.07 Å². The average molecular weight is 562 g/mol. The number of halogens is 4. The highest BCUT2D eigenvalue weighted by atomic mass is 35.5. The summed E-state index contributed by atoms with van der Waals surface area (Å²) < 4.78 is 72.9. The Hall–Kier alpha value is -2.18. The maximum atomic E-state index is 13.6. The quantitative estimate of drug-likeness (QED) is 0.418. The zero-order valence-corrected chi connectivity index (χ0v) is 21.5. The summed E-state index contributed by atoms with van der Waals surface area (Å²) in [4.78, 5) is 12.4. The van der Waals surface area contributed by atoms with Gasteiger partial charge in [0.05, 0.1) is 40.1 Å². The minimum atomic E-state index is -4.02. The number of benzene rings is 2. The third-order valence-corrected chi connectivity index (χ3v) is 9.90. The summed E-state index contributed by atoms with van der Waals surface area (Å²) in [6, 6.07) is 4.81. The second-order valence-corrected chi connectivity index (χ2v) is 12.4. The molecule has 1 amide bonds. The Balaban J connectivity index is 1.53. The highest BCUT2D eigenvalue weighted by Crippen LogP contribution is 2.52. The molecule has 2 fully saturated rings. The van der Waals surface area contributed by atoms with Gasteiger partial charge in [-0.25, -0.2) is 21.6 Å². The number of aliphatic hydroxyl groups is 2.